The van der Waals surface area contributed by atoms with Gasteiger partial charge in [0, 0.05) is 22.6 Å². The number of halogens is 1. The molecule has 0 aliphatic carbocycles. The van der Waals surface area contributed by atoms with Crippen molar-refractivity contribution in [3.05, 3.63) is 71.2 Å². The van der Waals surface area contributed by atoms with Crippen LogP contribution in [0.5, 0.6) is 0 Å². The number of aromatic nitrogens is 1. The van der Waals surface area contributed by atoms with E-state index >= 15 is 0 Å². The van der Waals surface area contributed by atoms with Gasteiger partial charge in [-0.2, -0.15) is 0 Å². The number of rotatable bonds is 4. The molecule has 0 saturated heterocycles. The molecular formula is C24H23FN2O. The average molecular weight is 374 g/mol. The van der Waals surface area contributed by atoms with Gasteiger partial charge in [-0.25, -0.2) is 4.39 Å². The predicted octanol–water partition coefficient (Wildman–Crippen LogP) is 4.97. The van der Waals surface area contributed by atoms with Gasteiger partial charge in [0.15, 0.2) is 0 Å². The van der Waals surface area contributed by atoms with Crippen LogP contribution in [0.1, 0.15) is 49.0 Å². The van der Waals surface area contributed by atoms with Crippen molar-refractivity contribution in [3.8, 4) is 12.3 Å². The summed E-state index contributed by atoms with van der Waals surface area (Å²) in [4.78, 5) is 18.1. The number of hydrogen-bond acceptors (Lipinski definition) is 1. The molecule has 1 N–H and O–H groups in total. The molecule has 1 aliphatic rings. The van der Waals surface area contributed by atoms with Crippen LogP contribution in [-0.2, 0) is 11.2 Å². The number of H-pyrrole nitrogens is 1. The zero-order chi connectivity index (χ0) is 19.7. The van der Waals surface area contributed by atoms with Crippen LogP contribution in [0.3, 0.4) is 0 Å². The Labute approximate surface area is 164 Å². The van der Waals surface area contributed by atoms with Gasteiger partial charge in [-0.3, -0.25) is 4.79 Å². The number of hydrogen-bond donors (Lipinski definition) is 1. The normalized spacial score (nSPS) is 18.7. The molecule has 2 atom stereocenters. The lowest BCUT2D eigenvalue weighted by atomic mass is 9.86. The van der Waals surface area contributed by atoms with Crippen molar-refractivity contribution in [2.45, 2.75) is 44.7 Å². The van der Waals surface area contributed by atoms with Gasteiger partial charge in [0.25, 0.3) is 5.91 Å². The summed E-state index contributed by atoms with van der Waals surface area (Å²) < 4.78 is 13.6. The van der Waals surface area contributed by atoms with Crippen molar-refractivity contribution >= 4 is 16.8 Å². The number of fused-ring (bicyclic) bond motifs is 3. The highest BCUT2D eigenvalue weighted by atomic mass is 19.1. The van der Waals surface area contributed by atoms with E-state index in [2.05, 4.69) is 23.9 Å². The second-order valence-corrected chi connectivity index (χ2v) is 7.37. The van der Waals surface area contributed by atoms with E-state index in [0.717, 1.165) is 42.5 Å². The second kappa shape index (κ2) is 7.52. The summed E-state index contributed by atoms with van der Waals surface area (Å²) in [7, 11) is 0. The minimum Gasteiger partial charge on any atom is -0.356 e. The third-order valence-corrected chi connectivity index (χ3v) is 5.67. The largest absolute Gasteiger partial charge is 0.356 e. The number of aromatic amines is 1. The Morgan fingerprint density at radius 3 is 2.71 bits per heavy atom. The minimum absolute atomic E-state index is 0.0188. The van der Waals surface area contributed by atoms with Crippen LogP contribution >= 0.6 is 0 Å². The molecule has 0 spiro atoms. The fourth-order valence-corrected chi connectivity index (χ4v) is 4.37. The number of unbranched alkanes of at least 4 members (excludes halogenated alkanes) is 1. The fraction of sp³-hybridized carbons (Fsp3) is 0.292. The Kier molecular flexibility index (Phi) is 4.92. The predicted molar refractivity (Wildman–Crippen MR) is 109 cm³/mol. The highest BCUT2D eigenvalue weighted by molar-refractivity contribution is 5.94. The molecule has 0 radical (unpaired) electrons. The third-order valence-electron chi connectivity index (χ3n) is 5.67. The van der Waals surface area contributed by atoms with E-state index in [9.17, 15) is 9.18 Å². The molecule has 4 heteroatoms. The van der Waals surface area contributed by atoms with Gasteiger partial charge in [-0.15, -0.1) is 6.42 Å². The summed E-state index contributed by atoms with van der Waals surface area (Å²) >= 11 is 0. The minimum atomic E-state index is -0.345. The average Bonchev–Trinajstić information content (AvgIpc) is 3.09. The van der Waals surface area contributed by atoms with E-state index in [1.807, 2.05) is 23.1 Å². The Balaban J connectivity index is 1.92. The van der Waals surface area contributed by atoms with Crippen LogP contribution in [0, 0.1) is 18.2 Å². The summed E-state index contributed by atoms with van der Waals surface area (Å²) in [5, 5.41) is 1.18. The number of terminal acetylenes is 1. The van der Waals surface area contributed by atoms with Crippen molar-refractivity contribution in [3.63, 3.8) is 0 Å². The number of para-hydroxylation sites is 1. The second-order valence-electron chi connectivity index (χ2n) is 7.37. The maximum Gasteiger partial charge on any atom is 0.299 e. The summed E-state index contributed by atoms with van der Waals surface area (Å²) in [6.45, 7) is 2.14. The third kappa shape index (κ3) is 3.07. The highest BCUT2D eigenvalue weighted by Crippen LogP contribution is 2.41. The summed E-state index contributed by atoms with van der Waals surface area (Å²) in [5.74, 6) is 1.70. The first kappa shape index (κ1) is 18.3. The van der Waals surface area contributed by atoms with Crippen LogP contribution in [0.25, 0.3) is 10.9 Å². The van der Waals surface area contributed by atoms with Gasteiger partial charge in [0.2, 0.25) is 0 Å². The summed E-state index contributed by atoms with van der Waals surface area (Å²) in [5.41, 5.74) is 4.11. The van der Waals surface area contributed by atoms with Gasteiger partial charge in [0.05, 0.1) is 6.04 Å². The lowest BCUT2D eigenvalue weighted by Gasteiger charge is -2.41. The molecule has 3 nitrogen and oxygen atoms in total. The van der Waals surface area contributed by atoms with E-state index in [0.29, 0.717) is 0 Å². The zero-order valence-corrected chi connectivity index (χ0v) is 15.9. The topological polar surface area (TPSA) is 36.1 Å². The van der Waals surface area contributed by atoms with Gasteiger partial charge >= 0.3 is 0 Å². The Bertz CT molecular complexity index is 1040. The maximum absolute atomic E-state index is 13.6. The number of amides is 1. The number of carbonyl (C=O) groups excluding carboxylic acids is 1. The molecule has 1 amide bonds. The molecule has 2 aromatic carbocycles. The Morgan fingerprint density at radius 2 is 2.00 bits per heavy atom. The Morgan fingerprint density at radius 1 is 1.25 bits per heavy atom. The molecule has 3 aromatic rings. The number of nitrogens with one attached hydrogen (secondary N) is 1. The monoisotopic (exact) mass is 374 g/mol. The molecule has 142 valence electrons. The van der Waals surface area contributed by atoms with Crippen LogP contribution < -0.4 is 0 Å². The van der Waals surface area contributed by atoms with Crippen LogP contribution in [0.15, 0.2) is 48.5 Å². The van der Waals surface area contributed by atoms with E-state index in [1.54, 1.807) is 12.1 Å². The lowest BCUT2D eigenvalue weighted by molar-refractivity contribution is -0.130. The molecule has 1 aliphatic heterocycles. The SMILES string of the molecule is C#CC(=O)N1[C@@H](CCCC)Cc2c([nH]c3ccccc23)[C@@H]1c1ccc(F)cc1. The first-order valence-electron chi connectivity index (χ1n) is 9.78. The molecular weight excluding hydrogens is 351 g/mol. The van der Waals surface area contributed by atoms with Gasteiger partial charge < -0.3 is 9.88 Å². The van der Waals surface area contributed by atoms with Crippen LogP contribution in [0.4, 0.5) is 4.39 Å². The van der Waals surface area contributed by atoms with Gasteiger partial charge in [-0.05, 0) is 48.1 Å². The molecule has 1 aromatic heterocycles. The van der Waals surface area contributed by atoms with Gasteiger partial charge in [-0.1, -0.05) is 50.1 Å². The first-order valence-corrected chi connectivity index (χ1v) is 9.78. The van der Waals surface area contributed by atoms with Crippen LogP contribution in [0.2, 0.25) is 0 Å². The zero-order valence-electron chi connectivity index (χ0n) is 15.9. The van der Waals surface area contributed by atoms with Crippen molar-refractivity contribution in [2.75, 3.05) is 0 Å². The van der Waals surface area contributed by atoms with Gasteiger partial charge in [0.1, 0.15) is 5.82 Å². The summed E-state index contributed by atoms with van der Waals surface area (Å²) in [6.07, 6.45) is 9.27. The fourth-order valence-electron chi connectivity index (χ4n) is 4.37. The quantitative estimate of drug-likeness (QED) is 0.643. The van der Waals surface area contributed by atoms with Crippen molar-refractivity contribution in [1.29, 1.82) is 0 Å². The standard InChI is InChI=1S/C24H23FN2O/c1-3-5-8-18-15-20-19-9-6-7-10-21(19)26-23(20)24(27(18)22(28)4-2)16-11-13-17(25)14-12-16/h2,6-7,9-14,18,24,26H,3,5,8,15H2,1H3/t18-,24-/m0/s1. The van der Waals surface area contributed by atoms with Crippen molar-refractivity contribution in [2.24, 2.45) is 0 Å². The lowest BCUT2D eigenvalue weighted by Crippen LogP contribution is -2.47. The van der Waals surface area contributed by atoms with Crippen LogP contribution in [-0.4, -0.2) is 21.8 Å². The number of benzene rings is 2. The molecule has 2 heterocycles. The number of carbonyl (C=O) groups is 1. The first-order chi connectivity index (χ1) is 13.6. The number of nitrogens with zero attached hydrogens (tertiary/aromatic N) is 1. The van der Waals surface area contributed by atoms with E-state index in [1.165, 1.54) is 23.1 Å². The van der Waals surface area contributed by atoms with Crippen molar-refractivity contribution < 1.29 is 9.18 Å². The van der Waals surface area contributed by atoms with Crippen molar-refractivity contribution in [1.82, 2.24) is 9.88 Å². The Hall–Kier alpha value is -3.06. The molecule has 28 heavy (non-hydrogen) atoms. The smallest absolute Gasteiger partial charge is 0.299 e. The molecule has 0 saturated carbocycles. The molecule has 0 unspecified atom stereocenters. The van der Waals surface area contributed by atoms with E-state index in [4.69, 9.17) is 6.42 Å². The maximum atomic E-state index is 13.6. The summed E-state index contributed by atoms with van der Waals surface area (Å²) in [6, 6.07) is 14.2. The van der Waals surface area contributed by atoms with E-state index in [-0.39, 0.29) is 23.8 Å². The highest BCUT2D eigenvalue weighted by Gasteiger charge is 2.39. The molecule has 0 fully saturated rings. The van der Waals surface area contributed by atoms with E-state index < -0.39 is 0 Å². The molecule has 4 rings (SSSR count). The molecule has 0 bridgehead atoms.